The van der Waals surface area contributed by atoms with Crippen LogP contribution in [-0.4, -0.2) is 58.3 Å². The monoisotopic (exact) mass is 713 g/mol. The van der Waals surface area contributed by atoms with E-state index in [9.17, 15) is 37.1 Å². The molecule has 13 heteroatoms. The summed E-state index contributed by atoms with van der Waals surface area (Å²) in [5.74, 6) is -1.72. The van der Waals surface area contributed by atoms with Gasteiger partial charge in [-0.2, -0.15) is 13.2 Å². The van der Waals surface area contributed by atoms with Crippen molar-refractivity contribution >= 4 is 11.9 Å². The second-order valence-electron chi connectivity index (χ2n) is 13.8. The summed E-state index contributed by atoms with van der Waals surface area (Å²) in [5.41, 5.74) is -0.910. The van der Waals surface area contributed by atoms with Gasteiger partial charge in [0, 0.05) is 37.0 Å². The lowest BCUT2D eigenvalue weighted by Crippen LogP contribution is -2.41. The number of nitrogens with one attached hydrogen (secondary N) is 1. The summed E-state index contributed by atoms with van der Waals surface area (Å²) in [7, 11) is 0. The molecule has 272 valence electrons. The fraction of sp³-hybridized carbons (Fsp3) is 0.447. The quantitative estimate of drug-likeness (QED) is 0.168. The summed E-state index contributed by atoms with van der Waals surface area (Å²) in [6, 6.07) is 3.00. The van der Waals surface area contributed by atoms with Crippen LogP contribution in [0.5, 0.6) is 0 Å². The third-order valence-electron chi connectivity index (χ3n) is 9.60. The normalized spacial score (nSPS) is 18.5. The Morgan fingerprint density at radius 1 is 1.12 bits per heavy atom. The Hall–Kier alpha value is -4.54. The molecule has 0 spiro atoms. The van der Waals surface area contributed by atoms with E-state index in [0.717, 1.165) is 17.2 Å². The van der Waals surface area contributed by atoms with Crippen LogP contribution in [0.15, 0.2) is 41.3 Å². The molecule has 2 fully saturated rings. The maximum absolute atomic E-state index is 15.9. The molecule has 8 nitrogen and oxygen atoms in total. The number of amides is 1. The number of carboxylic acid groups (broad SMARTS) is 1. The van der Waals surface area contributed by atoms with Gasteiger partial charge in [0.05, 0.1) is 36.3 Å². The van der Waals surface area contributed by atoms with Crippen LogP contribution in [0.25, 0.3) is 11.1 Å². The number of carbonyl (C=O) groups excluding carboxylic acids is 1. The zero-order valence-electron chi connectivity index (χ0n) is 28.7. The van der Waals surface area contributed by atoms with E-state index in [2.05, 4.69) is 16.1 Å². The minimum atomic E-state index is -4.83. The first kappa shape index (κ1) is 37.7. The van der Waals surface area contributed by atoms with Gasteiger partial charge >= 0.3 is 12.1 Å². The van der Waals surface area contributed by atoms with Crippen LogP contribution >= 0.6 is 0 Å². The summed E-state index contributed by atoms with van der Waals surface area (Å²) in [6.07, 6.45) is 1.85. The number of aryl methyl sites for hydroxylation is 2. The number of rotatable bonds is 12. The molecule has 0 radical (unpaired) electrons. The van der Waals surface area contributed by atoms with Gasteiger partial charge in [0.15, 0.2) is 0 Å². The molecule has 0 aliphatic carbocycles. The van der Waals surface area contributed by atoms with E-state index >= 15 is 4.39 Å². The highest BCUT2D eigenvalue weighted by molar-refractivity contribution is 5.82. The van der Waals surface area contributed by atoms with E-state index in [1.165, 1.54) is 24.3 Å². The summed E-state index contributed by atoms with van der Waals surface area (Å²) in [4.78, 5) is 41.6. The van der Waals surface area contributed by atoms with Gasteiger partial charge < -0.3 is 19.7 Å². The molecule has 0 saturated carbocycles. The number of fused-ring (bicyclic) bond motifs is 2. The molecular weight excluding hydrogens is 673 g/mol. The number of aliphatic carboxylic acids is 1. The predicted octanol–water partition coefficient (Wildman–Crippen LogP) is 6.35. The molecular formula is C38H40F5N3O5. The lowest BCUT2D eigenvalue weighted by molar-refractivity contribution is -0.139. The van der Waals surface area contributed by atoms with Gasteiger partial charge in [0.25, 0.3) is 5.56 Å². The van der Waals surface area contributed by atoms with Gasteiger partial charge in [0.2, 0.25) is 5.91 Å². The molecule has 5 rings (SSSR count). The maximum atomic E-state index is 15.9. The van der Waals surface area contributed by atoms with Crippen LogP contribution in [0, 0.1) is 43.7 Å². The molecule has 2 aliphatic heterocycles. The number of morpholine rings is 1. The van der Waals surface area contributed by atoms with E-state index < -0.39 is 59.3 Å². The number of benzene rings is 2. The number of aromatic nitrogens is 1. The molecule has 3 aromatic rings. The average molecular weight is 714 g/mol. The van der Waals surface area contributed by atoms with Gasteiger partial charge in [-0.3, -0.25) is 19.3 Å². The topological polar surface area (TPSA) is 101 Å². The molecule has 2 aliphatic rings. The Bertz CT molecular complexity index is 1910. The number of halogens is 5. The number of carboxylic acids is 1. The number of pyridine rings is 1. The number of hydrogen-bond donors (Lipinski definition) is 2. The number of hydrogen-bond acceptors (Lipinski definition) is 5. The first-order valence-electron chi connectivity index (χ1n) is 16.7. The van der Waals surface area contributed by atoms with Crippen molar-refractivity contribution in [2.24, 2.45) is 5.92 Å². The Balaban J connectivity index is 1.54. The van der Waals surface area contributed by atoms with Crippen LogP contribution in [0.2, 0.25) is 0 Å². The number of likely N-dealkylation sites (tertiary alicyclic amines) is 1. The highest BCUT2D eigenvalue weighted by Gasteiger charge is 2.40. The lowest BCUT2D eigenvalue weighted by Gasteiger charge is -2.28. The predicted molar refractivity (Wildman–Crippen MR) is 180 cm³/mol. The van der Waals surface area contributed by atoms with E-state index in [4.69, 9.17) is 11.2 Å². The smallest absolute Gasteiger partial charge is 0.416 e. The van der Waals surface area contributed by atoms with Crippen molar-refractivity contribution in [3.8, 4) is 23.5 Å². The Morgan fingerprint density at radius 2 is 1.80 bits per heavy atom. The molecule has 3 heterocycles. The van der Waals surface area contributed by atoms with E-state index in [0.29, 0.717) is 41.5 Å². The van der Waals surface area contributed by atoms with Crippen molar-refractivity contribution < 1.29 is 41.4 Å². The van der Waals surface area contributed by atoms with Crippen molar-refractivity contribution in [1.29, 1.82) is 0 Å². The summed E-state index contributed by atoms with van der Waals surface area (Å²) >= 11 is 0. The maximum Gasteiger partial charge on any atom is 0.416 e. The Morgan fingerprint density at radius 3 is 2.35 bits per heavy atom. The zero-order valence-corrected chi connectivity index (χ0v) is 28.7. The van der Waals surface area contributed by atoms with Gasteiger partial charge in [-0.1, -0.05) is 19.8 Å². The third kappa shape index (κ3) is 8.34. The number of terminal acetylenes is 1. The summed E-state index contributed by atoms with van der Waals surface area (Å²) in [6.45, 7) is 8.19. The standard InChI is InChI=1S/C38H40F5N3O5/c1-6-23-12-25(35-21(4)10-26(39)11-22(35)5)13-29(36(23)40)31(16-34(48)49)44-37(50)32(9-20(2)3)46-17-24(30(15-33(46)47)38(41,42)43)7-8-45-18-28-14-27(45)19-51-28/h1,10-13,15,17,20,27-28,31-32H,7-9,14,16,18-19H2,2-5H3,(H,44,50)(H,48,49)/t27-,28-,31?,32?/m0/s1. The van der Waals surface area contributed by atoms with E-state index in [-0.39, 0.29) is 54.1 Å². The molecule has 4 atom stereocenters. The minimum absolute atomic E-state index is 0.00432. The molecule has 51 heavy (non-hydrogen) atoms. The first-order chi connectivity index (χ1) is 24.0. The van der Waals surface area contributed by atoms with Gasteiger partial charge in [-0.05, 0) is 91.1 Å². The lowest BCUT2D eigenvalue weighted by atomic mass is 9.90. The second-order valence-corrected chi connectivity index (χ2v) is 13.8. The first-order valence-corrected chi connectivity index (χ1v) is 16.7. The van der Waals surface area contributed by atoms with Crippen LogP contribution in [-0.2, 0) is 26.9 Å². The molecule has 2 aromatic carbocycles. The SMILES string of the molecule is C#Cc1cc(-c2c(C)cc(F)cc2C)cc(C(CC(=O)O)NC(=O)C(CC(C)C)n2cc(CCN3C[C@@H]4C[C@H]3CO4)c(C(F)(F)F)cc2=O)c1F. The molecule has 2 bridgehead atoms. The van der Waals surface area contributed by atoms with Gasteiger partial charge in [-0.25, -0.2) is 8.78 Å². The largest absolute Gasteiger partial charge is 0.481 e. The Kier molecular flexibility index (Phi) is 11.1. The fourth-order valence-electron chi connectivity index (χ4n) is 7.31. The second kappa shape index (κ2) is 15.0. The molecule has 2 saturated heterocycles. The molecule has 2 N–H and O–H groups in total. The minimum Gasteiger partial charge on any atom is -0.481 e. The van der Waals surface area contributed by atoms with Crippen LogP contribution in [0.4, 0.5) is 22.0 Å². The molecule has 2 unspecified atom stereocenters. The van der Waals surface area contributed by atoms with E-state index in [1.54, 1.807) is 27.7 Å². The third-order valence-corrected chi connectivity index (χ3v) is 9.60. The number of ether oxygens (including phenoxy) is 1. The van der Waals surface area contributed by atoms with Crippen molar-refractivity contribution in [3.05, 3.63) is 91.9 Å². The highest BCUT2D eigenvalue weighted by Crippen LogP contribution is 2.36. The van der Waals surface area contributed by atoms with Crippen LogP contribution < -0.4 is 10.9 Å². The van der Waals surface area contributed by atoms with Crippen molar-refractivity contribution in [2.75, 3.05) is 19.7 Å². The fourth-order valence-corrected chi connectivity index (χ4v) is 7.31. The summed E-state index contributed by atoms with van der Waals surface area (Å²) < 4.78 is 79.2. The van der Waals surface area contributed by atoms with Crippen LogP contribution in [0.1, 0.15) is 78.6 Å². The molecule has 1 aromatic heterocycles. The zero-order chi connectivity index (χ0) is 37.4. The Labute approximate surface area is 292 Å². The number of nitrogens with zero attached hydrogens (tertiary/aromatic N) is 2. The van der Waals surface area contributed by atoms with Crippen LogP contribution in [0.3, 0.4) is 0 Å². The van der Waals surface area contributed by atoms with Gasteiger partial charge in [-0.15, -0.1) is 6.42 Å². The number of alkyl halides is 3. The molecule has 1 amide bonds. The van der Waals surface area contributed by atoms with Crippen molar-refractivity contribution in [3.63, 3.8) is 0 Å². The van der Waals surface area contributed by atoms with E-state index in [1.807, 2.05) is 0 Å². The average Bonchev–Trinajstić information content (AvgIpc) is 3.66. The van der Waals surface area contributed by atoms with Gasteiger partial charge in [0.1, 0.15) is 17.7 Å². The van der Waals surface area contributed by atoms with Crippen molar-refractivity contribution in [2.45, 2.75) is 83.8 Å². The summed E-state index contributed by atoms with van der Waals surface area (Å²) in [5, 5.41) is 12.4. The number of carbonyl (C=O) groups is 2. The highest BCUT2D eigenvalue weighted by atomic mass is 19.4. The van der Waals surface area contributed by atoms with Crippen molar-refractivity contribution in [1.82, 2.24) is 14.8 Å².